The van der Waals surface area contributed by atoms with E-state index in [4.69, 9.17) is 25.2 Å². The number of nitrogens with zero attached hydrogens (tertiary/aromatic N) is 1. The highest BCUT2D eigenvalue weighted by molar-refractivity contribution is 5.83. The maximum Gasteiger partial charge on any atom is 0.335 e. The average molecular weight is 401 g/mol. The number of hydrogen-bond acceptors (Lipinski definition) is 7. The molecule has 28 heavy (non-hydrogen) atoms. The van der Waals surface area contributed by atoms with Gasteiger partial charge in [-0.25, -0.2) is 9.59 Å². The van der Waals surface area contributed by atoms with E-state index < -0.39 is 29.7 Å². The zero-order valence-electron chi connectivity index (χ0n) is 16.9. The highest BCUT2D eigenvalue weighted by Gasteiger charge is 2.34. The summed E-state index contributed by atoms with van der Waals surface area (Å²) >= 11 is 0. The summed E-state index contributed by atoms with van der Waals surface area (Å²) in [5.74, 6) is -2.59. The third kappa shape index (κ3) is 7.43. The number of aliphatic hydroxyl groups is 3. The van der Waals surface area contributed by atoms with E-state index in [1.807, 2.05) is 45.3 Å². The topological polar surface area (TPSA) is 148 Å². The fourth-order valence-electron chi connectivity index (χ4n) is 2.70. The molecule has 1 rings (SSSR count). The zero-order chi connectivity index (χ0) is 22.1. The van der Waals surface area contributed by atoms with Gasteiger partial charge in [-0.05, 0) is 38.2 Å². The van der Waals surface area contributed by atoms with Crippen LogP contribution < -0.4 is 4.74 Å². The van der Waals surface area contributed by atoms with E-state index in [9.17, 15) is 14.7 Å². The van der Waals surface area contributed by atoms with Crippen molar-refractivity contribution < 1.29 is 39.9 Å². The van der Waals surface area contributed by atoms with Crippen LogP contribution in [0.4, 0.5) is 0 Å². The lowest BCUT2D eigenvalue weighted by atomic mass is 9.80. The molecule has 4 atom stereocenters. The molecular formula is C19H31NO8. The Balaban J connectivity index is 0.000000621. The Kier molecular flexibility index (Phi) is 10.7. The SMILES string of the molecule is CC[C@@](O)(c1cccc(OC)c1)[C@@H](C)CN(C)C.O=C(O)[C@@H](O)[C@H](O)C(=O)O. The molecule has 0 radical (unpaired) electrons. The Bertz CT molecular complexity index is 618. The molecule has 160 valence electrons. The van der Waals surface area contributed by atoms with Gasteiger partial charge in [0.1, 0.15) is 5.75 Å². The third-order valence-electron chi connectivity index (χ3n) is 4.37. The first-order valence-electron chi connectivity index (χ1n) is 8.74. The first-order chi connectivity index (χ1) is 12.9. The molecule has 0 aliphatic carbocycles. The number of aliphatic hydroxyl groups excluding tert-OH is 2. The van der Waals surface area contributed by atoms with E-state index in [1.165, 1.54) is 0 Å². The van der Waals surface area contributed by atoms with Crippen LogP contribution in [0.1, 0.15) is 25.8 Å². The van der Waals surface area contributed by atoms with Crippen LogP contribution in [0.3, 0.4) is 0 Å². The predicted octanol–water partition coefficient (Wildman–Crippen LogP) is 0.368. The Hall–Kier alpha value is -2.20. The van der Waals surface area contributed by atoms with E-state index in [0.29, 0.717) is 6.42 Å². The second kappa shape index (κ2) is 11.6. The minimum absolute atomic E-state index is 0.157. The summed E-state index contributed by atoms with van der Waals surface area (Å²) in [6, 6.07) is 7.72. The number of methoxy groups -OCH3 is 1. The van der Waals surface area contributed by atoms with E-state index in [1.54, 1.807) is 7.11 Å². The van der Waals surface area contributed by atoms with Crippen molar-refractivity contribution in [3.8, 4) is 5.75 Å². The van der Waals surface area contributed by atoms with Gasteiger partial charge in [0.05, 0.1) is 12.7 Å². The number of hydrogen-bond donors (Lipinski definition) is 5. The molecule has 9 nitrogen and oxygen atoms in total. The molecular weight excluding hydrogens is 370 g/mol. The second-order valence-corrected chi connectivity index (χ2v) is 6.74. The second-order valence-electron chi connectivity index (χ2n) is 6.74. The summed E-state index contributed by atoms with van der Waals surface area (Å²) in [5.41, 5.74) is 0.123. The maximum absolute atomic E-state index is 10.9. The highest BCUT2D eigenvalue weighted by atomic mass is 16.5. The minimum Gasteiger partial charge on any atom is -0.497 e. The molecule has 0 saturated carbocycles. The molecule has 0 aromatic heterocycles. The number of benzene rings is 1. The average Bonchev–Trinajstić information content (AvgIpc) is 2.65. The van der Waals surface area contributed by atoms with Gasteiger partial charge in [0.25, 0.3) is 0 Å². The number of carbonyl (C=O) groups is 2. The van der Waals surface area contributed by atoms with Crippen molar-refractivity contribution in [2.75, 3.05) is 27.7 Å². The van der Waals surface area contributed by atoms with Gasteiger partial charge >= 0.3 is 11.9 Å². The molecule has 9 heteroatoms. The van der Waals surface area contributed by atoms with Gasteiger partial charge in [0.2, 0.25) is 0 Å². The molecule has 1 aromatic carbocycles. The van der Waals surface area contributed by atoms with Gasteiger partial charge in [-0.1, -0.05) is 26.0 Å². The lowest BCUT2D eigenvalue weighted by molar-refractivity contribution is -0.165. The smallest absolute Gasteiger partial charge is 0.335 e. The molecule has 0 saturated heterocycles. The number of carboxylic acids is 2. The monoisotopic (exact) mass is 401 g/mol. The first-order valence-corrected chi connectivity index (χ1v) is 8.74. The van der Waals surface area contributed by atoms with Crippen molar-refractivity contribution in [1.82, 2.24) is 4.90 Å². The maximum atomic E-state index is 10.9. The van der Waals surface area contributed by atoms with E-state index in [-0.39, 0.29) is 5.92 Å². The third-order valence-corrected chi connectivity index (χ3v) is 4.37. The quantitative estimate of drug-likeness (QED) is 0.396. The molecule has 0 heterocycles. The Morgan fingerprint density at radius 1 is 1.14 bits per heavy atom. The number of ether oxygens (including phenoxy) is 1. The summed E-state index contributed by atoms with van der Waals surface area (Å²) in [7, 11) is 5.70. The van der Waals surface area contributed by atoms with Crippen LogP contribution in [-0.4, -0.2) is 82.3 Å². The molecule has 0 bridgehead atoms. The molecule has 0 fully saturated rings. The van der Waals surface area contributed by atoms with Crippen molar-refractivity contribution >= 4 is 11.9 Å². The molecule has 0 unspecified atom stereocenters. The lowest BCUT2D eigenvalue weighted by Gasteiger charge is -2.35. The van der Waals surface area contributed by atoms with E-state index in [2.05, 4.69) is 11.8 Å². The fourth-order valence-corrected chi connectivity index (χ4v) is 2.70. The van der Waals surface area contributed by atoms with Crippen LogP contribution in [0.25, 0.3) is 0 Å². The number of carboxylic acid groups (broad SMARTS) is 2. The summed E-state index contributed by atoms with van der Waals surface area (Å²) in [5, 5.41) is 43.5. The van der Waals surface area contributed by atoms with Crippen LogP contribution >= 0.6 is 0 Å². The van der Waals surface area contributed by atoms with Crippen LogP contribution in [-0.2, 0) is 15.2 Å². The van der Waals surface area contributed by atoms with Crippen LogP contribution in [0, 0.1) is 5.92 Å². The van der Waals surface area contributed by atoms with Gasteiger partial charge < -0.3 is 35.2 Å². The van der Waals surface area contributed by atoms with Gasteiger partial charge in [0, 0.05) is 12.5 Å². The molecule has 1 aromatic rings. The summed E-state index contributed by atoms with van der Waals surface area (Å²) in [6.45, 7) is 4.95. The Morgan fingerprint density at radius 3 is 2.00 bits per heavy atom. The molecule has 0 amide bonds. The lowest BCUT2D eigenvalue weighted by Crippen LogP contribution is -2.39. The summed E-state index contributed by atoms with van der Waals surface area (Å²) in [4.78, 5) is 21.6. The van der Waals surface area contributed by atoms with E-state index >= 15 is 0 Å². The van der Waals surface area contributed by atoms with Gasteiger partial charge in [-0.15, -0.1) is 0 Å². The van der Waals surface area contributed by atoms with Crippen molar-refractivity contribution in [2.45, 2.75) is 38.1 Å². The van der Waals surface area contributed by atoms with Crippen LogP contribution in [0.5, 0.6) is 5.75 Å². The first kappa shape index (κ1) is 25.8. The van der Waals surface area contributed by atoms with Crippen LogP contribution in [0.2, 0.25) is 0 Å². The number of aliphatic carboxylic acids is 2. The summed E-state index contributed by atoms with van der Waals surface area (Å²) in [6.07, 6.45) is -3.84. The molecule has 0 spiro atoms. The van der Waals surface area contributed by atoms with Gasteiger partial charge in [-0.2, -0.15) is 0 Å². The Morgan fingerprint density at radius 2 is 1.64 bits per heavy atom. The Labute approximate surface area is 164 Å². The standard InChI is InChI=1S/C15H25NO2.C4H6O6/c1-6-15(17,12(2)11-16(3)4)13-8-7-9-14(10-13)18-5;5-1(3(7)8)2(6)4(9)10/h7-10,12,17H,6,11H2,1-5H3;1-2,5-6H,(H,7,8)(H,9,10)/t12-,15-;1-,2-/m00/s1. The van der Waals surface area contributed by atoms with E-state index in [0.717, 1.165) is 17.9 Å². The van der Waals surface area contributed by atoms with Crippen molar-refractivity contribution in [2.24, 2.45) is 5.92 Å². The zero-order valence-corrected chi connectivity index (χ0v) is 16.9. The predicted molar refractivity (Wildman–Crippen MR) is 102 cm³/mol. The summed E-state index contributed by atoms with van der Waals surface area (Å²) < 4.78 is 5.23. The molecule has 0 aliphatic rings. The molecule has 5 N–H and O–H groups in total. The largest absolute Gasteiger partial charge is 0.497 e. The van der Waals surface area contributed by atoms with Crippen molar-refractivity contribution in [3.05, 3.63) is 29.8 Å². The van der Waals surface area contributed by atoms with Crippen LogP contribution in [0.15, 0.2) is 24.3 Å². The highest BCUT2D eigenvalue weighted by Crippen LogP contribution is 2.34. The van der Waals surface area contributed by atoms with Gasteiger partial charge in [0.15, 0.2) is 12.2 Å². The normalized spacial score (nSPS) is 16.2. The minimum atomic E-state index is -2.27. The molecule has 0 aliphatic heterocycles. The van der Waals surface area contributed by atoms with Crippen molar-refractivity contribution in [1.29, 1.82) is 0 Å². The van der Waals surface area contributed by atoms with Gasteiger partial charge in [-0.3, -0.25) is 0 Å². The number of rotatable bonds is 9. The van der Waals surface area contributed by atoms with Crippen molar-refractivity contribution in [3.63, 3.8) is 0 Å². The fraction of sp³-hybridized carbons (Fsp3) is 0.579.